The zero-order valence-electron chi connectivity index (χ0n) is 21.8. The number of hydrogen-bond acceptors (Lipinski definition) is 7. The summed E-state index contributed by atoms with van der Waals surface area (Å²) in [5, 5.41) is 8.72. The van der Waals surface area contributed by atoms with Crippen molar-refractivity contribution in [2.45, 2.75) is 13.5 Å². The molecule has 2 aromatic carbocycles. The molecule has 212 valence electrons. The van der Waals surface area contributed by atoms with E-state index in [1.54, 1.807) is 16.4 Å². The summed E-state index contributed by atoms with van der Waals surface area (Å²) in [5.74, 6) is -3.55. The van der Waals surface area contributed by atoms with Crippen LogP contribution in [0.2, 0.25) is 0 Å². The number of aromatic nitrogens is 1. The molecule has 1 N–H and O–H groups in total. The average molecular weight is 583 g/mol. The maximum atomic E-state index is 15.2. The molecule has 5 rings (SSSR count). The minimum Gasteiger partial charge on any atom is -0.477 e. The molecule has 2 fully saturated rings. The Labute approximate surface area is 236 Å². The number of benzene rings is 2. The Bertz CT molecular complexity index is 1680. The lowest BCUT2D eigenvalue weighted by atomic mass is 10.1. The molecule has 3 amide bonds. The minimum atomic E-state index is -1.39. The van der Waals surface area contributed by atoms with Gasteiger partial charge in [-0.2, -0.15) is 0 Å². The number of nitrogens with zero attached hydrogens (tertiary/aromatic N) is 4. The van der Waals surface area contributed by atoms with Gasteiger partial charge >= 0.3 is 5.97 Å². The second-order valence-electron chi connectivity index (χ2n) is 9.47. The van der Waals surface area contributed by atoms with Crippen molar-refractivity contribution in [2.75, 3.05) is 37.6 Å². The third-order valence-electron chi connectivity index (χ3n) is 7.03. The molecule has 0 spiro atoms. The molecule has 0 atom stereocenters. The number of halogens is 2. The number of piperazine rings is 1. The molecule has 0 bridgehead atoms. The summed E-state index contributed by atoms with van der Waals surface area (Å²) in [6.45, 7) is 2.61. The molecule has 2 saturated heterocycles. The molecule has 0 unspecified atom stereocenters. The summed E-state index contributed by atoms with van der Waals surface area (Å²) >= 11 is 0.703. The number of carboxylic acids is 1. The Balaban J connectivity index is 1.27. The highest BCUT2D eigenvalue weighted by molar-refractivity contribution is 8.18. The molecular weight excluding hydrogens is 558 g/mol. The highest BCUT2D eigenvalue weighted by Gasteiger charge is 2.37. The minimum absolute atomic E-state index is 0.0347. The summed E-state index contributed by atoms with van der Waals surface area (Å²) in [6.07, 6.45) is 2.71. The van der Waals surface area contributed by atoms with E-state index < -0.39 is 52.2 Å². The van der Waals surface area contributed by atoms with Crippen molar-refractivity contribution in [3.8, 4) is 0 Å². The van der Waals surface area contributed by atoms with Crippen molar-refractivity contribution in [3.05, 3.63) is 80.5 Å². The number of fused-ring (bicyclic) bond motifs is 1. The van der Waals surface area contributed by atoms with E-state index >= 15 is 4.39 Å². The standard InChI is InChI=1S/C28H24F2N4O6S/c1-2-31-14-19(27(38)39)25(36)18-12-20(30)22(13-21(18)31)32-7-9-33(10-8-32)24(35)15-34-26(37)23(41-28(34)40)11-16-3-5-17(29)6-4-16/h3-6,11-14H,2,7-10,15H2,1H3,(H,38,39)/b23-11-. The van der Waals surface area contributed by atoms with E-state index in [1.807, 2.05) is 0 Å². The fourth-order valence-corrected chi connectivity index (χ4v) is 5.67. The van der Waals surface area contributed by atoms with Gasteiger partial charge in [0.05, 0.1) is 16.1 Å². The zero-order valence-corrected chi connectivity index (χ0v) is 22.6. The van der Waals surface area contributed by atoms with Gasteiger partial charge in [-0.25, -0.2) is 13.6 Å². The molecule has 1 aromatic heterocycles. The number of pyridine rings is 1. The van der Waals surface area contributed by atoms with Crippen LogP contribution in [-0.2, 0) is 16.1 Å². The molecule has 0 aliphatic carbocycles. The van der Waals surface area contributed by atoms with Crippen LogP contribution in [0.4, 0.5) is 19.3 Å². The normalized spacial score (nSPS) is 16.8. The van der Waals surface area contributed by atoms with E-state index in [0.717, 1.165) is 11.0 Å². The Morgan fingerprint density at radius 3 is 2.34 bits per heavy atom. The molecule has 2 aliphatic heterocycles. The Morgan fingerprint density at radius 2 is 1.71 bits per heavy atom. The lowest BCUT2D eigenvalue weighted by Gasteiger charge is -2.36. The van der Waals surface area contributed by atoms with E-state index in [2.05, 4.69) is 0 Å². The van der Waals surface area contributed by atoms with E-state index in [0.29, 0.717) is 29.4 Å². The molecule has 10 nitrogen and oxygen atoms in total. The van der Waals surface area contributed by atoms with Crippen LogP contribution in [-0.4, -0.2) is 75.2 Å². The fraction of sp³-hybridized carbons (Fsp3) is 0.250. The Morgan fingerprint density at radius 1 is 1.02 bits per heavy atom. The lowest BCUT2D eigenvalue weighted by molar-refractivity contribution is -0.136. The lowest BCUT2D eigenvalue weighted by Crippen LogP contribution is -2.52. The topological polar surface area (TPSA) is 120 Å². The maximum absolute atomic E-state index is 15.2. The molecule has 0 radical (unpaired) electrons. The molecule has 41 heavy (non-hydrogen) atoms. The Kier molecular flexibility index (Phi) is 7.63. The first-order valence-electron chi connectivity index (χ1n) is 12.7. The first-order chi connectivity index (χ1) is 19.6. The number of carboxylic acid groups (broad SMARTS) is 1. The van der Waals surface area contributed by atoms with Gasteiger partial charge in [-0.05, 0) is 54.6 Å². The molecule has 3 aromatic rings. The van der Waals surface area contributed by atoms with Crippen molar-refractivity contribution in [3.63, 3.8) is 0 Å². The van der Waals surface area contributed by atoms with Gasteiger partial charge in [-0.1, -0.05) is 12.1 Å². The van der Waals surface area contributed by atoms with Gasteiger partial charge in [0.2, 0.25) is 11.3 Å². The third-order valence-corrected chi connectivity index (χ3v) is 7.94. The fourth-order valence-electron chi connectivity index (χ4n) is 4.83. The van der Waals surface area contributed by atoms with Crippen LogP contribution >= 0.6 is 11.8 Å². The monoisotopic (exact) mass is 582 g/mol. The van der Waals surface area contributed by atoms with Crippen LogP contribution in [0, 0.1) is 11.6 Å². The summed E-state index contributed by atoms with van der Waals surface area (Å²) in [6, 6.07) is 7.97. The smallest absolute Gasteiger partial charge is 0.341 e. The van der Waals surface area contributed by atoms with Crippen molar-refractivity contribution in [1.82, 2.24) is 14.4 Å². The highest BCUT2D eigenvalue weighted by atomic mass is 32.2. The SMILES string of the molecule is CCn1cc(C(=O)O)c(=O)c2cc(F)c(N3CCN(C(=O)CN4C(=O)S/C(=C\c5ccc(F)cc5)C4=O)CC3)cc21. The number of aromatic carboxylic acids is 1. The molecule has 13 heteroatoms. The van der Waals surface area contributed by atoms with Crippen LogP contribution in [0.5, 0.6) is 0 Å². The molecule has 2 aliphatic rings. The van der Waals surface area contributed by atoms with Gasteiger partial charge in [0.1, 0.15) is 23.7 Å². The Hall–Kier alpha value is -4.52. The number of aryl methyl sites for hydroxylation is 1. The summed E-state index contributed by atoms with van der Waals surface area (Å²) < 4.78 is 29.9. The van der Waals surface area contributed by atoms with Crippen molar-refractivity contribution in [2.24, 2.45) is 0 Å². The van der Waals surface area contributed by atoms with Gasteiger partial charge < -0.3 is 19.5 Å². The maximum Gasteiger partial charge on any atom is 0.341 e. The molecule has 0 saturated carbocycles. The number of carbonyl (C=O) groups is 4. The number of rotatable bonds is 6. The van der Waals surface area contributed by atoms with Gasteiger partial charge in [0, 0.05) is 44.3 Å². The summed E-state index contributed by atoms with van der Waals surface area (Å²) in [4.78, 5) is 66.5. The van der Waals surface area contributed by atoms with Gasteiger partial charge in [-0.3, -0.25) is 24.1 Å². The number of carbonyl (C=O) groups excluding carboxylic acids is 3. The second-order valence-corrected chi connectivity index (χ2v) is 10.5. The van der Waals surface area contributed by atoms with E-state index in [1.165, 1.54) is 47.5 Å². The van der Waals surface area contributed by atoms with E-state index in [9.17, 15) is 33.5 Å². The van der Waals surface area contributed by atoms with Crippen molar-refractivity contribution < 1.29 is 33.1 Å². The number of thioether (sulfide) groups is 1. The van der Waals surface area contributed by atoms with Gasteiger partial charge in [0.15, 0.2) is 0 Å². The van der Waals surface area contributed by atoms with Crippen LogP contribution in [0.3, 0.4) is 0 Å². The van der Waals surface area contributed by atoms with Crippen molar-refractivity contribution >= 4 is 57.5 Å². The quantitative estimate of drug-likeness (QED) is 0.440. The first-order valence-corrected chi connectivity index (χ1v) is 13.5. The summed E-state index contributed by atoms with van der Waals surface area (Å²) in [5.41, 5.74) is -0.0573. The number of amides is 3. The number of imide groups is 1. The van der Waals surface area contributed by atoms with Gasteiger partial charge in [0.25, 0.3) is 11.1 Å². The highest BCUT2D eigenvalue weighted by Crippen LogP contribution is 2.32. The van der Waals surface area contributed by atoms with Crippen LogP contribution in [0.25, 0.3) is 17.0 Å². The predicted molar refractivity (Wildman–Crippen MR) is 149 cm³/mol. The molecular formula is C28H24F2N4O6S. The first kappa shape index (κ1) is 28.0. The third kappa shape index (κ3) is 5.44. The van der Waals surface area contributed by atoms with Gasteiger partial charge in [-0.15, -0.1) is 0 Å². The van der Waals surface area contributed by atoms with Crippen LogP contribution in [0.15, 0.2) is 52.3 Å². The average Bonchev–Trinajstić information content (AvgIpc) is 3.21. The predicted octanol–water partition coefficient (Wildman–Crippen LogP) is 3.38. The largest absolute Gasteiger partial charge is 0.477 e. The second kappa shape index (κ2) is 11.2. The van der Waals surface area contributed by atoms with Crippen molar-refractivity contribution in [1.29, 1.82) is 0 Å². The number of anilines is 1. The molecule has 3 heterocycles. The van der Waals surface area contributed by atoms with Crippen LogP contribution in [0.1, 0.15) is 22.8 Å². The van der Waals surface area contributed by atoms with E-state index in [-0.39, 0.29) is 42.2 Å². The van der Waals surface area contributed by atoms with Crippen LogP contribution < -0.4 is 10.3 Å². The zero-order chi connectivity index (χ0) is 29.4. The van der Waals surface area contributed by atoms with E-state index in [4.69, 9.17) is 0 Å². The summed E-state index contributed by atoms with van der Waals surface area (Å²) in [7, 11) is 0. The number of hydrogen-bond donors (Lipinski definition) is 1.